The van der Waals surface area contributed by atoms with Crippen LogP contribution in [0, 0.1) is 23.6 Å². The highest BCUT2D eigenvalue weighted by Gasteiger charge is 2.49. The average molecular weight is 701 g/mol. The number of hydrogen-bond donors (Lipinski definition) is 3. The zero-order chi connectivity index (χ0) is 34.6. The summed E-state index contributed by atoms with van der Waals surface area (Å²) in [6.45, 7) is 5.89. The van der Waals surface area contributed by atoms with E-state index in [2.05, 4.69) is 15.1 Å². The Morgan fingerprint density at radius 3 is 2.29 bits per heavy atom. The summed E-state index contributed by atoms with van der Waals surface area (Å²) in [5.74, 6) is 0.363. The lowest BCUT2D eigenvalue weighted by Crippen LogP contribution is -2.64. The monoisotopic (exact) mass is 700 g/mol. The summed E-state index contributed by atoms with van der Waals surface area (Å²) in [6, 6.07) is 13.5. The predicted molar refractivity (Wildman–Crippen MR) is 184 cm³/mol. The molecule has 0 unspecified atom stereocenters. The van der Waals surface area contributed by atoms with Crippen molar-refractivity contribution in [1.29, 1.82) is 0 Å². The summed E-state index contributed by atoms with van der Waals surface area (Å²) in [4.78, 5) is 18.6. The van der Waals surface area contributed by atoms with E-state index in [1.54, 1.807) is 43.3 Å². The normalized spacial score (nSPS) is 30.5. The predicted octanol–water partition coefficient (Wildman–Crippen LogP) is 5.25. The standard InChI is InChI=1S/C37H50F2N4O5S/c1-36(46)20-30(21-36)49(47,48)29-11-9-28(10-12-29)43-23-37(39,24-43)22-41-17-13-25(14-18-41)33(31-7-3-8-32(31)40-35(44)45)34(42-15-4-16-42)26-5-2-6-27(38)19-26/h2,5-6,9-12,19,25,30-34,40,46H,3-4,7-8,13-18,20-24H2,1H3,(H,44,45)/t30?,31-,32-,33-,34+,36?/m0/s1. The highest BCUT2D eigenvalue weighted by molar-refractivity contribution is 7.92. The smallest absolute Gasteiger partial charge is 0.404 e. The van der Waals surface area contributed by atoms with Crippen LogP contribution in [0.1, 0.15) is 69.9 Å². The minimum absolute atomic E-state index is 0.0138. The average Bonchev–Trinajstić information content (AvgIpc) is 3.45. The molecule has 0 spiro atoms. The zero-order valence-electron chi connectivity index (χ0n) is 28.3. The molecule has 3 heterocycles. The van der Waals surface area contributed by atoms with Crippen LogP contribution in [0.4, 0.5) is 19.3 Å². The Kier molecular flexibility index (Phi) is 9.47. The SMILES string of the molecule is CC1(O)CC(S(=O)(=O)c2ccc(N3CC(F)(CN4CCC([C@@H]([C@H]5CCC[C@@H]5NC(=O)O)[C@@H](c5cccc(F)c5)N5CCC5)CC4)C3)cc2)C1. The fraction of sp³-hybridized carbons (Fsp3) is 0.649. The Bertz CT molecular complexity index is 1600. The zero-order valence-corrected chi connectivity index (χ0v) is 29.1. The van der Waals surface area contributed by atoms with Crippen molar-refractivity contribution in [3.63, 3.8) is 0 Å². The molecule has 9 nitrogen and oxygen atoms in total. The maximum absolute atomic E-state index is 16.0. The molecule has 12 heteroatoms. The van der Waals surface area contributed by atoms with Gasteiger partial charge in [-0.25, -0.2) is 22.0 Å². The third-order valence-corrected chi connectivity index (χ3v) is 14.3. The van der Waals surface area contributed by atoms with Crippen molar-refractivity contribution in [3.8, 4) is 0 Å². The molecule has 3 saturated heterocycles. The summed E-state index contributed by atoms with van der Waals surface area (Å²) < 4.78 is 56.5. The fourth-order valence-electron chi connectivity index (χ4n) is 9.61. The van der Waals surface area contributed by atoms with Crippen LogP contribution in [0.15, 0.2) is 53.4 Å². The molecule has 5 fully saturated rings. The summed E-state index contributed by atoms with van der Waals surface area (Å²) in [7, 11) is -3.51. The summed E-state index contributed by atoms with van der Waals surface area (Å²) in [6.07, 6.45) is 5.05. The molecule has 5 aliphatic rings. The number of nitrogens with one attached hydrogen (secondary N) is 1. The van der Waals surface area contributed by atoms with Crippen molar-refractivity contribution in [2.75, 3.05) is 50.7 Å². The summed E-state index contributed by atoms with van der Waals surface area (Å²) >= 11 is 0. The van der Waals surface area contributed by atoms with Crippen molar-refractivity contribution in [1.82, 2.24) is 15.1 Å². The van der Waals surface area contributed by atoms with Crippen LogP contribution in [-0.4, -0.2) is 103 Å². The van der Waals surface area contributed by atoms with E-state index in [4.69, 9.17) is 0 Å². The molecule has 2 saturated carbocycles. The van der Waals surface area contributed by atoms with Crippen molar-refractivity contribution < 1.29 is 32.2 Å². The van der Waals surface area contributed by atoms with E-state index in [-0.39, 0.29) is 60.6 Å². The van der Waals surface area contributed by atoms with Gasteiger partial charge in [-0.3, -0.25) is 9.80 Å². The largest absolute Gasteiger partial charge is 0.465 e. The topological polar surface area (TPSA) is 113 Å². The molecule has 2 aromatic rings. The van der Waals surface area contributed by atoms with E-state index in [9.17, 15) is 27.8 Å². The Labute approximate surface area is 288 Å². The lowest BCUT2D eigenvalue weighted by Gasteiger charge is -2.51. The van der Waals surface area contributed by atoms with Gasteiger partial charge >= 0.3 is 6.09 Å². The van der Waals surface area contributed by atoms with Gasteiger partial charge in [-0.2, -0.15) is 0 Å². The Balaban J connectivity index is 0.991. The number of benzene rings is 2. The maximum atomic E-state index is 16.0. The van der Waals surface area contributed by atoms with Crippen LogP contribution < -0.4 is 10.2 Å². The van der Waals surface area contributed by atoms with E-state index in [1.807, 2.05) is 11.0 Å². The highest BCUT2D eigenvalue weighted by atomic mass is 32.2. The summed E-state index contributed by atoms with van der Waals surface area (Å²) in [5.41, 5.74) is -0.524. The molecule has 0 radical (unpaired) electrons. The quantitative estimate of drug-likeness (QED) is 0.292. The number of piperidine rings is 1. The van der Waals surface area contributed by atoms with E-state index >= 15 is 4.39 Å². The second-order valence-corrected chi connectivity index (χ2v) is 18.0. The first-order valence-electron chi connectivity index (χ1n) is 18.0. The van der Waals surface area contributed by atoms with Gasteiger partial charge in [-0.15, -0.1) is 0 Å². The lowest BCUT2D eigenvalue weighted by atomic mass is 9.68. The second kappa shape index (κ2) is 13.4. The third-order valence-electron chi connectivity index (χ3n) is 12.1. The van der Waals surface area contributed by atoms with Crippen LogP contribution in [0.2, 0.25) is 0 Å². The Morgan fingerprint density at radius 1 is 1.00 bits per heavy atom. The Hall–Kier alpha value is -2.80. The third kappa shape index (κ3) is 7.21. The Morgan fingerprint density at radius 2 is 1.69 bits per heavy atom. The maximum Gasteiger partial charge on any atom is 0.404 e. The second-order valence-electron chi connectivity index (χ2n) is 15.8. The number of carboxylic acid groups (broad SMARTS) is 1. The van der Waals surface area contributed by atoms with Crippen molar-refractivity contribution >= 4 is 21.6 Å². The molecule has 3 N–H and O–H groups in total. The molecule has 1 amide bonds. The number of carbonyl (C=O) groups is 1. The van der Waals surface area contributed by atoms with Crippen LogP contribution in [0.3, 0.4) is 0 Å². The number of sulfone groups is 1. The fourth-order valence-corrected chi connectivity index (χ4v) is 11.7. The molecular weight excluding hydrogens is 650 g/mol. The molecule has 49 heavy (non-hydrogen) atoms. The first-order valence-corrected chi connectivity index (χ1v) is 19.6. The number of nitrogens with zero attached hydrogens (tertiary/aromatic N) is 3. The molecule has 3 aliphatic heterocycles. The molecule has 7 rings (SSSR count). The van der Waals surface area contributed by atoms with Crippen molar-refractivity contribution in [2.24, 2.45) is 17.8 Å². The highest BCUT2D eigenvalue weighted by Crippen LogP contribution is 2.49. The van der Waals surface area contributed by atoms with Gasteiger partial charge in [0.2, 0.25) is 0 Å². The number of anilines is 1. The molecule has 0 bridgehead atoms. The first kappa shape index (κ1) is 34.6. The number of halogens is 2. The lowest BCUT2D eigenvalue weighted by molar-refractivity contribution is -0.0116. The molecular formula is C37H50F2N4O5S. The van der Waals surface area contributed by atoms with Gasteiger partial charge in [0.25, 0.3) is 0 Å². The molecule has 2 aromatic carbocycles. The number of likely N-dealkylation sites (tertiary alicyclic amines) is 2. The van der Waals surface area contributed by atoms with Crippen molar-refractivity contribution in [2.45, 2.75) is 91.8 Å². The minimum Gasteiger partial charge on any atom is -0.465 e. The van der Waals surface area contributed by atoms with Crippen LogP contribution in [0.25, 0.3) is 0 Å². The van der Waals surface area contributed by atoms with E-state index in [0.29, 0.717) is 12.5 Å². The number of rotatable bonds is 11. The van der Waals surface area contributed by atoms with Gasteiger partial charge in [-0.1, -0.05) is 18.6 Å². The van der Waals surface area contributed by atoms with Crippen molar-refractivity contribution in [3.05, 3.63) is 59.9 Å². The number of alkyl halides is 1. The van der Waals surface area contributed by atoms with Gasteiger partial charge in [0.15, 0.2) is 15.5 Å². The van der Waals surface area contributed by atoms with Crippen LogP contribution in [0.5, 0.6) is 0 Å². The number of amides is 1. The molecule has 0 aromatic heterocycles. The molecule has 268 valence electrons. The minimum atomic E-state index is -3.51. The van der Waals surface area contributed by atoms with Gasteiger partial charge in [0.1, 0.15) is 5.82 Å². The first-order chi connectivity index (χ1) is 23.3. The number of hydrogen-bond acceptors (Lipinski definition) is 7. The van der Waals surface area contributed by atoms with E-state index < -0.39 is 32.5 Å². The summed E-state index contributed by atoms with van der Waals surface area (Å²) in [5, 5.41) is 21.9. The van der Waals surface area contributed by atoms with Gasteiger partial charge < -0.3 is 20.4 Å². The van der Waals surface area contributed by atoms with Gasteiger partial charge in [0.05, 0.1) is 28.8 Å². The van der Waals surface area contributed by atoms with E-state index in [0.717, 1.165) is 76.0 Å². The molecule has 2 aliphatic carbocycles. The molecule has 4 atom stereocenters. The van der Waals surface area contributed by atoms with Crippen LogP contribution in [-0.2, 0) is 9.84 Å². The number of aliphatic hydroxyl groups is 1. The van der Waals surface area contributed by atoms with Crippen LogP contribution >= 0.6 is 0 Å². The van der Waals surface area contributed by atoms with Gasteiger partial charge in [-0.05, 0) is 138 Å². The van der Waals surface area contributed by atoms with E-state index in [1.165, 1.54) is 6.07 Å². The van der Waals surface area contributed by atoms with Gasteiger partial charge in [0, 0.05) is 24.3 Å².